The fourth-order valence-electron chi connectivity index (χ4n) is 2.01. The van der Waals surface area contributed by atoms with Crippen molar-refractivity contribution in [3.8, 4) is 0 Å². The van der Waals surface area contributed by atoms with E-state index in [1.54, 1.807) is 6.07 Å². The van der Waals surface area contributed by atoms with Crippen LogP contribution in [-0.2, 0) is 9.59 Å². The van der Waals surface area contributed by atoms with Crippen molar-refractivity contribution in [2.24, 2.45) is 5.92 Å². The van der Waals surface area contributed by atoms with Crippen LogP contribution in [0.4, 0.5) is 11.4 Å². The van der Waals surface area contributed by atoms with Crippen LogP contribution < -0.4 is 10.6 Å². The molecule has 0 heterocycles. The molecule has 1 aromatic rings. The molecule has 1 aromatic carbocycles. The van der Waals surface area contributed by atoms with Crippen LogP contribution in [0.1, 0.15) is 33.3 Å². The van der Waals surface area contributed by atoms with Crippen LogP contribution >= 0.6 is 0 Å². The van der Waals surface area contributed by atoms with Crippen LogP contribution in [0.3, 0.4) is 0 Å². The van der Waals surface area contributed by atoms with Crippen molar-refractivity contribution < 1.29 is 9.59 Å². The number of rotatable bonds is 7. The van der Waals surface area contributed by atoms with Crippen LogP contribution in [0.25, 0.3) is 0 Å². The van der Waals surface area contributed by atoms with E-state index in [4.69, 9.17) is 0 Å². The molecule has 0 radical (unpaired) electrons. The van der Waals surface area contributed by atoms with Crippen molar-refractivity contribution in [1.29, 1.82) is 0 Å². The molecule has 0 bridgehead atoms. The molecule has 0 aliphatic rings. The van der Waals surface area contributed by atoms with E-state index in [9.17, 15) is 9.59 Å². The quantitative estimate of drug-likeness (QED) is 0.814. The van der Waals surface area contributed by atoms with Gasteiger partial charge in [-0.25, -0.2) is 0 Å². The van der Waals surface area contributed by atoms with Crippen LogP contribution in [0.2, 0.25) is 0 Å². The minimum absolute atomic E-state index is 0.0160. The number of aryl methyl sites for hydroxylation is 1. The zero-order chi connectivity index (χ0) is 16.7. The Hall–Kier alpha value is -1.88. The van der Waals surface area contributed by atoms with Crippen molar-refractivity contribution in [1.82, 2.24) is 4.90 Å². The Labute approximate surface area is 133 Å². The molecule has 0 fully saturated rings. The fraction of sp³-hybridized carbons (Fsp3) is 0.529. The zero-order valence-electron chi connectivity index (χ0n) is 14.2. The van der Waals surface area contributed by atoms with Gasteiger partial charge in [-0.3, -0.25) is 14.5 Å². The summed E-state index contributed by atoms with van der Waals surface area (Å²) in [5.74, 6) is -0.0998. The number of hydrogen-bond donors (Lipinski definition) is 2. The van der Waals surface area contributed by atoms with Gasteiger partial charge in [0, 0.05) is 17.3 Å². The summed E-state index contributed by atoms with van der Waals surface area (Å²) in [6.07, 6.45) is 0. The van der Waals surface area contributed by atoms with E-state index in [0.717, 1.165) is 30.0 Å². The van der Waals surface area contributed by atoms with E-state index >= 15 is 0 Å². The number of hydrogen-bond acceptors (Lipinski definition) is 3. The summed E-state index contributed by atoms with van der Waals surface area (Å²) < 4.78 is 0. The van der Waals surface area contributed by atoms with Gasteiger partial charge in [-0.15, -0.1) is 0 Å². The molecule has 5 nitrogen and oxygen atoms in total. The second kappa shape index (κ2) is 8.54. The molecule has 122 valence electrons. The molecule has 0 aromatic heterocycles. The first-order valence-corrected chi connectivity index (χ1v) is 7.81. The maximum atomic E-state index is 12.0. The van der Waals surface area contributed by atoms with Crippen molar-refractivity contribution in [3.63, 3.8) is 0 Å². The lowest BCUT2D eigenvalue weighted by Crippen LogP contribution is -2.33. The molecule has 0 atom stereocenters. The highest BCUT2D eigenvalue weighted by Crippen LogP contribution is 2.20. The predicted molar refractivity (Wildman–Crippen MR) is 91.1 cm³/mol. The normalized spacial score (nSPS) is 10.9. The van der Waals surface area contributed by atoms with E-state index in [1.807, 2.05) is 46.8 Å². The lowest BCUT2D eigenvalue weighted by Gasteiger charge is -2.18. The molecule has 1 rings (SSSR count). The Kier molecular flexibility index (Phi) is 7.05. The molecular formula is C17H27N3O2. The predicted octanol–water partition coefficient (Wildman–Crippen LogP) is 2.87. The number of anilines is 2. The summed E-state index contributed by atoms with van der Waals surface area (Å²) in [6.45, 7) is 11.8. The molecule has 2 amide bonds. The highest BCUT2D eigenvalue weighted by molar-refractivity contribution is 5.95. The van der Waals surface area contributed by atoms with E-state index in [1.165, 1.54) is 0 Å². The van der Waals surface area contributed by atoms with E-state index in [-0.39, 0.29) is 17.7 Å². The monoisotopic (exact) mass is 305 g/mol. The molecule has 0 aliphatic heterocycles. The highest BCUT2D eigenvalue weighted by Gasteiger charge is 2.11. The van der Waals surface area contributed by atoms with Crippen LogP contribution in [0.15, 0.2) is 18.2 Å². The first kappa shape index (κ1) is 18.2. The molecule has 0 saturated heterocycles. The van der Waals surface area contributed by atoms with Crippen molar-refractivity contribution in [2.75, 3.05) is 30.3 Å². The van der Waals surface area contributed by atoms with E-state index < -0.39 is 0 Å². The average Bonchev–Trinajstić information content (AvgIpc) is 2.47. The number of carbonyl (C=O) groups is 2. The lowest BCUT2D eigenvalue weighted by atomic mass is 10.1. The van der Waals surface area contributed by atoms with Crippen LogP contribution in [0, 0.1) is 12.8 Å². The van der Waals surface area contributed by atoms with Gasteiger partial charge >= 0.3 is 0 Å². The molecule has 22 heavy (non-hydrogen) atoms. The van der Waals surface area contributed by atoms with E-state index in [0.29, 0.717) is 6.54 Å². The molecule has 2 N–H and O–H groups in total. The van der Waals surface area contributed by atoms with Gasteiger partial charge in [0.25, 0.3) is 0 Å². The van der Waals surface area contributed by atoms with Gasteiger partial charge in [-0.05, 0) is 43.8 Å². The zero-order valence-corrected chi connectivity index (χ0v) is 14.2. The Morgan fingerprint density at radius 3 is 2.27 bits per heavy atom. The summed E-state index contributed by atoms with van der Waals surface area (Å²) in [5, 5.41) is 5.77. The van der Waals surface area contributed by atoms with Gasteiger partial charge in [-0.1, -0.05) is 27.7 Å². The Bertz CT molecular complexity index is 523. The minimum atomic E-state index is -0.0613. The third kappa shape index (κ3) is 5.48. The van der Waals surface area contributed by atoms with Gasteiger partial charge in [0.15, 0.2) is 0 Å². The smallest absolute Gasteiger partial charge is 0.238 e. The molecule has 0 aliphatic carbocycles. The lowest BCUT2D eigenvalue weighted by molar-refractivity contribution is -0.119. The van der Waals surface area contributed by atoms with Gasteiger partial charge in [0.2, 0.25) is 11.8 Å². The molecular weight excluding hydrogens is 278 g/mol. The summed E-state index contributed by atoms with van der Waals surface area (Å²) in [5.41, 5.74) is 2.45. The number of likely N-dealkylation sites (N-methyl/N-ethyl adjacent to an activating group) is 1. The third-order valence-corrected chi connectivity index (χ3v) is 3.55. The number of amides is 2. The standard InChI is InChI=1S/C17H27N3O2/c1-6-20(7-2)11-16(21)19-15-9-8-14(10-13(15)5)18-17(22)12(3)4/h8-10,12H,6-7,11H2,1-5H3,(H,18,22)(H,19,21). The number of nitrogens with zero attached hydrogens (tertiary/aromatic N) is 1. The minimum Gasteiger partial charge on any atom is -0.326 e. The Balaban J connectivity index is 2.70. The molecule has 0 unspecified atom stereocenters. The highest BCUT2D eigenvalue weighted by atomic mass is 16.2. The largest absolute Gasteiger partial charge is 0.326 e. The van der Waals surface area contributed by atoms with Crippen molar-refractivity contribution in [3.05, 3.63) is 23.8 Å². The Morgan fingerprint density at radius 2 is 1.77 bits per heavy atom. The topological polar surface area (TPSA) is 61.4 Å². The first-order chi connectivity index (χ1) is 10.4. The first-order valence-electron chi connectivity index (χ1n) is 7.81. The number of benzene rings is 1. The Morgan fingerprint density at radius 1 is 1.14 bits per heavy atom. The van der Waals surface area contributed by atoms with Gasteiger partial charge in [0.05, 0.1) is 6.54 Å². The summed E-state index contributed by atoms with van der Waals surface area (Å²) in [4.78, 5) is 25.8. The van der Waals surface area contributed by atoms with Gasteiger partial charge in [0.1, 0.15) is 0 Å². The van der Waals surface area contributed by atoms with E-state index in [2.05, 4.69) is 15.5 Å². The molecule has 0 saturated carbocycles. The average molecular weight is 305 g/mol. The third-order valence-electron chi connectivity index (χ3n) is 3.55. The summed E-state index contributed by atoms with van der Waals surface area (Å²) in [7, 11) is 0. The SMILES string of the molecule is CCN(CC)CC(=O)Nc1ccc(NC(=O)C(C)C)cc1C. The molecule has 5 heteroatoms. The van der Waals surface area contributed by atoms with Gasteiger partial charge in [-0.2, -0.15) is 0 Å². The molecule has 0 spiro atoms. The second-order valence-electron chi connectivity index (χ2n) is 5.68. The number of carbonyl (C=O) groups excluding carboxylic acids is 2. The van der Waals surface area contributed by atoms with Crippen LogP contribution in [-0.4, -0.2) is 36.3 Å². The fourth-order valence-corrected chi connectivity index (χ4v) is 2.01. The number of nitrogens with one attached hydrogen (secondary N) is 2. The second-order valence-corrected chi connectivity index (χ2v) is 5.68. The maximum Gasteiger partial charge on any atom is 0.238 e. The van der Waals surface area contributed by atoms with Crippen molar-refractivity contribution in [2.45, 2.75) is 34.6 Å². The van der Waals surface area contributed by atoms with Crippen LogP contribution in [0.5, 0.6) is 0 Å². The maximum absolute atomic E-state index is 12.0. The summed E-state index contributed by atoms with van der Waals surface area (Å²) >= 11 is 0. The van der Waals surface area contributed by atoms with Crippen molar-refractivity contribution >= 4 is 23.2 Å². The summed E-state index contributed by atoms with van der Waals surface area (Å²) in [6, 6.07) is 5.50. The van der Waals surface area contributed by atoms with Gasteiger partial charge < -0.3 is 10.6 Å².